The van der Waals surface area contributed by atoms with E-state index in [1.165, 1.54) is 54.6 Å². The lowest BCUT2D eigenvalue weighted by Gasteiger charge is -2.22. The summed E-state index contributed by atoms with van der Waals surface area (Å²) in [5.74, 6) is -1.32. The average molecular weight is 550 g/mol. The standard InChI is InChI=1S/C11H13N5O5.C11H14N2O3S/c12-15-13-5-10(18)14-9(6-17)11(19)7-1-3-8(4-2-7)16(20)21;1-8(2)7-11(14)13-17(15,16)10-5-3-9(12)4-6-10/h1-4,9,11,17,19H,5-6H2,(H,14,18);3-7H,12H2,1-2H3,(H,13,14)/t9-,11-;/m1./s1. The van der Waals surface area contributed by atoms with Crippen LogP contribution in [0.5, 0.6) is 0 Å². The van der Waals surface area contributed by atoms with Crippen molar-refractivity contribution >= 4 is 33.2 Å². The highest BCUT2D eigenvalue weighted by atomic mass is 32.2. The van der Waals surface area contributed by atoms with Gasteiger partial charge in [0.2, 0.25) is 5.91 Å². The molecule has 0 saturated carbocycles. The number of carbonyl (C=O) groups excluding carboxylic acids is 2. The number of rotatable bonds is 10. The maximum absolute atomic E-state index is 11.7. The number of nitrogens with two attached hydrogens (primary N) is 1. The van der Waals surface area contributed by atoms with Gasteiger partial charge in [-0.05, 0) is 61.3 Å². The lowest BCUT2D eigenvalue weighted by atomic mass is 10.0. The summed E-state index contributed by atoms with van der Waals surface area (Å²) in [5, 5.41) is 35.1. The van der Waals surface area contributed by atoms with Crippen molar-refractivity contribution in [3.05, 3.63) is 86.3 Å². The van der Waals surface area contributed by atoms with Crippen molar-refractivity contribution < 1.29 is 33.1 Å². The number of hydrogen-bond acceptors (Lipinski definition) is 10. The molecule has 2 amide bonds. The number of nitrogens with zero attached hydrogens (tertiary/aromatic N) is 4. The number of hydrogen-bond donors (Lipinski definition) is 5. The van der Waals surface area contributed by atoms with E-state index in [1.54, 1.807) is 13.8 Å². The Morgan fingerprint density at radius 1 is 1.18 bits per heavy atom. The van der Waals surface area contributed by atoms with Crippen LogP contribution in [0.4, 0.5) is 11.4 Å². The molecular weight excluding hydrogens is 522 g/mol. The van der Waals surface area contributed by atoms with E-state index in [9.17, 15) is 38.3 Å². The van der Waals surface area contributed by atoms with Gasteiger partial charge in [0.25, 0.3) is 21.6 Å². The van der Waals surface area contributed by atoms with Crippen LogP contribution in [0.3, 0.4) is 0 Å². The Morgan fingerprint density at radius 3 is 2.24 bits per heavy atom. The molecule has 0 heterocycles. The Kier molecular flexibility index (Phi) is 12.4. The SMILES string of the molecule is CC(C)=CC(=O)NS(=O)(=O)c1ccc(N)cc1.[N-]=[N+]=NCC(=O)N[C@H](CO)[C@H](O)c1ccc([N+](=O)[O-])cc1. The second-order valence-electron chi connectivity index (χ2n) is 7.80. The van der Waals surface area contributed by atoms with E-state index in [0.29, 0.717) is 11.3 Å². The van der Waals surface area contributed by atoms with E-state index in [0.717, 1.165) is 5.57 Å². The molecule has 6 N–H and O–H groups in total. The number of azide groups is 1. The Labute approximate surface area is 217 Å². The minimum absolute atomic E-state index is 0.00204. The Morgan fingerprint density at radius 2 is 1.76 bits per heavy atom. The molecule has 0 saturated heterocycles. The van der Waals surface area contributed by atoms with Gasteiger partial charge in [0, 0.05) is 28.8 Å². The van der Waals surface area contributed by atoms with Crippen LogP contribution >= 0.6 is 0 Å². The minimum atomic E-state index is -3.82. The number of sulfonamides is 1. The molecule has 0 unspecified atom stereocenters. The number of non-ortho nitro benzene ring substituents is 1. The largest absolute Gasteiger partial charge is 0.399 e. The molecule has 204 valence electrons. The normalized spacial score (nSPS) is 11.9. The molecule has 0 aromatic heterocycles. The molecular formula is C22H27N7O8S. The second kappa shape index (κ2) is 14.9. The molecule has 0 radical (unpaired) electrons. The monoisotopic (exact) mass is 549 g/mol. The first-order valence-corrected chi connectivity index (χ1v) is 12.2. The Hall–Kier alpha value is -4.50. The molecule has 2 aromatic rings. The number of allylic oxidation sites excluding steroid dienone is 1. The molecule has 0 aliphatic carbocycles. The topological polar surface area (TPSA) is 251 Å². The van der Waals surface area contributed by atoms with Gasteiger partial charge in [0.1, 0.15) is 12.6 Å². The van der Waals surface area contributed by atoms with Crippen LogP contribution in [-0.4, -0.2) is 54.6 Å². The molecule has 2 rings (SSSR count). The maximum atomic E-state index is 11.7. The van der Waals surface area contributed by atoms with Gasteiger partial charge < -0.3 is 21.3 Å². The fourth-order valence-corrected chi connectivity index (χ4v) is 3.66. The third kappa shape index (κ3) is 10.6. The molecule has 16 heteroatoms. The summed E-state index contributed by atoms with van der Waals surface area (Å²) in [4.78, 5) is 35.0. The summed E-state index contributed by atoms with van der Waals surface area (Å²) in [5.41, 5.74) is 14.9. The van der Waals surface area contributed by atoms with Gasteiger partial charge in [-0.25, -0.2) is 13.1 Å². The lowest BCUT2D eigenvalue weighted by molar-refractivity contribution is -0.384. The summed E-state index contributed by atoms with van der Waals surface area (Å²) in [7, 11) is -3.82. The fourth-order valence-electron chi connectivity index (χ4n) is 2.73. The first-order chi connectivity index (χ1) is 17.8. The highest BCUT2D eigenvalue weighted by molar-refractivity contribution is 7.90. The number of benzene rings is 2. The smallest absolute Gasteiger partial charge is 0.269 e. The summed E-state index contributed by atoms with van der Waals surface area (Å²) in [6, 6.07) is 9.63. The van der Waals surface area contributed by atoms with Crippen LogP contribution in [0.1, 0.15) is 25.5 Å². The number of nitro groups is 1. The Bertz CT molecular complexity index is 1300. The van der Waals surface area contributed by atoms with Crippen molar-refractivity contribution in [2.75, 3.05) is 18.9 Å². The molecule has 2 aromatic carbocycles. The van der Waals surface area contributed by atoms with Crippen LogP contribution in [0.15, 0.2) is 70.2 Å². The molecule has 2 atom stereocenters. The predicted molar refractivity (Wildman–Crippen MR) is 137 cm³/mol. The molecule has 15 nitrogen and oxygen atoms in total. The zero-order valence-electron chi connectivity index (χ0n) is 20.4. The number of nitrogen functional groups attached to an aromatic ring is 1. The fraction of sp³-hybridized carbons (Fsp3) is 0.273. The van der Waals surface area contributed by atoms with Crippen LogP contribution in [0.25, 0.3) is 10.4 Å². The van der Waals surface area contributed by atoms with Gasteiger partial charge in [-0.2, -0.15) is 0 Å². The number of aliphatic hydroxyl groups is 2. The molecule has 0 aliphatic rings. The molecule has 0 fully saturated rings. The predicted octanol–water partition coefficient (Wildman–Crippen LogP) is 1.46. The van der Waals surface area contributed by atoms with Gasteiger partial charge >= 0.3 is 0 Å². The summed E-state index contributed by atoms with van der Waals surface area (Å²) < 4.78 is 25.4. The van der Waals surface area contributed by atoms with Crippen molar-refractivity contribution in [3.63, 3.8) is 0 Å². The first kappa shape index (κ1) is 31.5. The van der Waals surface area contributed by atoms with E-state index in [4.69, 9.17) is 11.3 Å². The highest BCUT2D eigenvalue weighted by Crippen LogP contribution is 2.20. The average Bonchev–Trinajstić information content (AvgIpc) is 2.85. The number of aliphatic hydroxyl groups excluding tert-OH is 2. The zero-order valence-corrected chi connectivity index (χ0v) is 21.2. The third-order valence-corrected chi connectivity index (χ3v) is 5.86. The van der Waals surface area contributed by atoms with Gasteiger partial charge in [-0.1, -0.05) is 10.7 Å². The molecule has 0 spiro atoms. The van der Waals surface area contributed by atoms with Crippen LogP contribution in [0, 0.1) is 10.1 Å². The summed E-state index contributed by atoms with van der Waals surface area (Å²) >= 11 is 0. The van der Waals surface area contributed by atoms with E-state index in [2.05, 4.69) is 15.3 Å². The van der Waals surface area contributed by atoms with Crippen LogP contribution < -0.4 is 15.8 Å². The second-order valence-corrected chi connectivity index (χ2v) is 9.48. The number of anilines is 1. The third-order valence-electron chi connectivity index (χ3n) is 4.49. The number of nitro benzene ring substituents is 1. The van der Waals surface area contributed by atoms with Crippen molar-refractivity contribution in [3.8, 4) is 0 Å². The van der Waals surface area contributed by atoms with Crippen molar-refractivity contribution in [2.45, 2.75) is 30.9 Å². The van der Waals surface area contributed by atoms with E-state index in [-0.39, 0.29) is 10.6 Å². The van der Waals surface area contributed by atoms with E-state index >= 15 is 0 Å². The van der Waals surface area contributed by atoms with Crippen molar-refractivity contribution in [1.29, 1.82) is 0 Å². The molecule has 0 aliphatic heterocycles. The highest BCUT2D eigenvalue weighted by Gasteiger charge is 2.22. The van der Waals surface area contributed by atoms with Crippen molar-refractivity contribution in [1.82, 2.24) is 10.0 Å². The molecule has 38 heavy (non-hydrogen) atoms. The quantitative estimate of drug-likeness (QED) is 0.0546. The van der Waals surface area contributed by atoms with Crippen LogP contribution in [-0.2, 0) is 19.6 Å². The van der Waals surface area contributed by atoms with Crippen molar-refractivity contribution in [2.24, 2.45) is 5.11 Å². The summed E-state index contributed by atoms with van der Waals surface area (Å²) in [6.45, 7) is 2.39. The first-order valence-electron chi connectivity index (χ1n) is 10.7. The Balaban J connectivity index is 0.000000389. The zero-order chi connectivity index (χ0) is 28.9. The van der Waals surface area contributed by atoms with Crippen LogP contribution in [0.2, 0.25) is 0 Å². The molecule has 0 bridgehead atoms. The van der Waals surface area contributed by atoms with Gasteiger partial charge in [0.05, 0.1) is 22.5 Å². The van der Waals surface area contributed by atoms with Gasteiger partial charge in [-0.3, -0.25) is 19.7 Å². The number of nitrogens with one attached hydrogen (secondary N) is 2. The van der Waals surface area contributed by atoms with Gasteiger partial charge in [0.15, 0.2) is 0 Å². The van der Waals surface area contributed by atoms with E-state index < -0.39 is 52.1 Å². The minimum Gasteiger partial charge on any atom is -0.399 e. The number of amides is 2. The lowest BCUT2D eigenvalue weighted by Crippen LogP contribution is -2.42. The maximum Gasteiger partial charge on any atom is 0.269 e. The number of carbonyl (C=O) groups is 2. The van der Waals surface area contributed by atoms with Gasteiger partial charge in [-0.15, -0.1) is 0 Å². The summed E-state index contributed by atoms with van der Waals surface area (Å²) in [6.07, 6.45) is -0.0414. The van der Waals surface area contributed by atoms with E-state index in [1.807, 2.05) is 4.72 Å².